The van der Waals surface area contributed by atoms with Crippen LogP contribution < -0.4 is 5.73 Å². The molecule has 1 fully saturated rings. The zero-order chi connectivity index (χ0) is 15.7. The van der Waals surface area contributed by atoms with Gasteiger partial charge in [0.05, 0.1) is 4.92 Å². The molecule has 2 unspecified atom stereocenters. The maximum Gasteiger partial charge on any atom is 0.269 e. The summed E-state index contributed by atoms with van der Waals surface area (Å²) < 4.78 is 0. The molecule has 0 bridgehead atoms. The van der Waals surface area contributed by atoms with E-state index in [0.29, 0.717) is 5.92 Å². The number of likely N-dealkylation sites (tertiary alicyclic amines) is 1. The predicted molar refractivity (Wildman–Crippen MR) is 96.1 cm³/mol. The van der Waals surface area contributed by atoms with Crippen LogP contribution in [0.4, 0.5) is 5.69 Å². The van der Waals surface area contributed by atoms with E-state index in [4.69, 9.17) is 5.73 Å². The van der Waals surface area contributed by atoms with Gasteiger partial charge in [0.15, 0.2) is 0 Å². The average molecular weight is 354 g/mol. The van der Waals surface area contributed by atoms with E-state index in [1.165, 1.54) is 4.88 Å². The standard InChI is InChI=1S/C16H19N3O2S.ClH/c1-11-8-18(10-15(11)17)9-14-6-7-16(22-14)12-2-4-13(5-3-12)19(20)21;/h2-7,11,15H,8-10,17H2,1H3;1H. The van der Waals surface area contributed by atoms with Crippen LogP contribution in [0.15, 0.2) is 36.4 Å². The summed E-state index contributed by atoms with van der Waals surface area (Å²) >= 11 is 1.74. The lowest BCUT2D eigenvalue weighted by Gasteiger charge is -2.13. The second kappa shape index (κ2) is 7.40. The zero-order valence-corrected chi connectivity index (χ0v) is 14.5. The van der Waals surface area contributed by atoms with E-state index in [9.17, 15) is 10.1 Å². The second-order valence-electron chi connectivity index (χ2n) is 5.91. The Balaban J connectivity index is 0.00000192. The Morgan fingerprint density at radius 1 is 1.26 bits per heavy atom. The van der Waals surface area contributed by atoms with E-state index in [1.54, 1.807) is 23.5 Å². The fraction of sp³-hybridized carbons (Fsp3) is 0.375. The Labute approximate surface area is 145 Å². The molecule has 0 saturated carbocycles. The van der Waals surface area contributed by atoms with E-state index in [-0.39, 0.29) is 29.1 Å². The Kier molecular flexibility index (Phi) is 5.75. The summed E-state index contributed by atoms with van der Waals surface area (Å²) in [6, 6.07) is 11.2. The van der Waals surface area contributed by atoms with Crippen LogP contribution in [0.5, 0.6) is 0 Å². The number of halogens is 1. The monoisotopic (exact) mass is 353 g/mol. The molecule has 3 rings (SSSR count). The minimum absolute atomic E-state index is 0. The van der Waals surface area contributed by atoms with Crippen LogP contribution in [0.2, 0.25) is 0 Å². The smallest absolute Gasteiger partial charge is 0.269 e. The number of nitrogens with two attached hydrogens (primary N) is 1. The van der Waals surface area contributed by atoms with Crippen molar-refractivity contribution in [3.8, 4) is 10.4 Å². The van der Waals surface area contributed by atoms with Gasteiger partial charge in [0, 0.05) is 47.6 Å². The molecule has 0 aliphatic carbocycles. The molecule has 0 spiro atoms. The van der Waals surface area contributed by atoms with Crippen LogP contribution in [-0.2, 0) is 6.54 Å². The van der Waals surface area contributed by atoms with Crippen LogP contribution in [-0.4, -0.2) is 29.0 Å². The summed E-state index contributed by atoms with van der Waals surface area (Å²) in [7, 11) is 0. The van der Waals surface area contributed by atoms with Crippen molar-refractivity contribution < 1.29 is 4.92 Å². The minimum Gasteiger partial charge on any atom is -0.326 e. The first-order chi connectivity index (χ1) is 10.5. The van der Waals surface area contributed by atoms with Crippen molar-refractivity contribution in [2.75, 3.05) is 13.1 Å². The lowest BCUT2D eigenvalue weighted by molar-refractivity contribution is -0.384. The molecule has 1 aliphatic rings. The highest BCUT2D eigenvalue weighted by Gasteiger charge is 2.26. The number of hydrogen-bond donors (Lipinski definition) is 1. The Bertz CT molecular complexity index is 664. The molecule has 1 aromatic carbocycles. The predicted octanol–water partition coefficient (Wildman–Crippen LogP) is 3.52. The van der Waals surface area contributed by atoms with Crippen molar-refractivity contribution in [3.63, 3.8) is 0 Å². The topological polar surface area (TPSA) is 72.4 Å². The number of non-ortho nitro benzene ring substituents is 1. The highest BCUT2D eigenvalue weighted by atomic mass is 35.5. The molecule has 1 saturated heterocycles. The lowest BCUT2D eigenvalue weighted by atomic mass is 10.1. The molecule has 23 heavy (non-hydrogen) atoms. The van der Waals surface area contributed by atoms with Gasteiger partial charge in [-0.1, -0.05) is 6.92 Å². The van der Waals surface area contributed by atoms with Crippen molar-refractivity contribution in [2.45, 2.75) is 19.5 Å². The van der Waals surface area contributed by atoms with E-state index >= 15 is 0 Å². The number of benzene rings is 1. The summed E-state index contributed by atoms with van der Waals surface area (Å²) in [5, 5.41) is 10.7. The number of nitro benzene ring substituents is 1. The summed E-state index contributed by atoms with van der Waals surface area (Å²) in [6.07, 6.45) is 0. The van der Waals surface area contributed by atoms with Gasteiger partial charge in [0.25, 0.3) is 5.69 Å². The van der Waals surface area contributed by atoms with Crippen LogP contribution in [0.25, 0.3) is 10.4 Å². The molecule has 1 aromatic heterocycles. The Morgan fingerprint density at radius 3 is 2.52 bits per heavy atom. The minimum atomic E-state index is -0.374. The fourth-order valence-electron chi connectivity index (χ4n) is 2.81. The first-order valence-corrected chi connectivity index (χ1v) is 8.16. The molecular weight excluding hydrogens is 334 g/mol. The second-order valence-corrected chi connectivity index (χ2v) is 7.07. The third-order valence-electron chi connectivity index (χ3n) is 4.15. The summed E-state index contributed by atoms with van der Waals surface area (Å²) in [4.78, 5) is 15.1. The van der Waals surface area contributed by atoms with E-state index in [1.807, 2.05) is 12.1 Å². The number of nitrogens with zero attached hydrogens (tertiary/aromatic N) is 2. The molecular formula is C16H20ClN3O2S. The van der Waals surface area contributed by atoms with E-state index < -0.39 is 0 Å². The fourth-order valence-corrected chi connectivity index (χ4v) is 3.87. The summed E-state index contributed by atoms with van der Waals surface area (Å²) in [5.74, 6) is 0.550. The van der Waals surface area contributed by atoms with Gasteiger partial charge < -0.3 is 5.73 Å². The van der Waals surface area contributed by atoms with Gasteiger partial charge in [0.1, 0.15) is 0 Å². The maximum atomic E-state index is 10.7. The van der Waals surface area contributed by atoms with E-state index in [2.05, 4.69) is 24.0 Å². The third kappa shape index (κ3) is 4.09. The molecule has 2 N–H and O–H groups in total. The molecule has 0 radical (unpaired) electrons. The molecule has 2 aromatic rings. The van der Waals surface area contributed by atoms with Crippen LogP contribution in [0.3, 0.4) is 0 Å². The van der Waals surface area contributed by atoms with Crippen molar-refractivity contribution >= 4 is 29.4 Å². The number of thiophene rings is 1. The van der Waals surface area contributed by atoms with Crippen LogP contribution in [0.1, 0.15) is 11.8 Å². The van der Waals surface area contributed by atoms with Gasteiger partial charge in [-0.15, -0.1) is 23.7 Å². The largest absolute Gasteiger partial charge is 0.326 e. The first kappa shape index (κ1) is 17.9. The lowest BCUT2D eigenvalue weighted by Crippen LogP contribution is -2.28. The number of rotatable bonds is 4. The van der Waals surface area contributed by atoms with Crippen molar-refractivity contribution in [1.29, 1.82) is 0 Å². The average Bonchev–Trinajstić information content (AvgIpc) is 3.07. The molecule has 0 amide bonds. The molecule has 1 aliphatic heterocycles. The maximum absolute atomic E-state index is 10.7. The third-order valence-corrected chi connectivity index (χ3v) is 5.27. The number of hydrogen-bond acceptors (Lipinski definition) is 5. The SMILES string of the molecule is CC1CN(Cc2ccc(-c3ccc([N+](=O)[O-])cc3)s2)CC1N.Cl. The molecule has 2 heterocycles. The van der Waals surface area contributed by atoms with Crippen LogP contribution >= 0.6 is 23.7 Å². The van der Waals surface area contributed by atoms with Gasteiger partial charge in [-0.3, -0.25) is 15.0 Å². The van der Waals surface area contributed by atoms with Gasteiger partial charge in [-0.05, 0) is 35.7 Å². The number of nitro groups is 1. The van der Waals surface area contributed by atoms with Crippen molar-refractivity contribution in [2.24, 2.45) is 11.7 Å². The normalized spacial score (nSPS) is 21.1. The summed E-state index contributed by atoms with van der Waals surface area (Å²) in [5.41, 5.74) is 7.21. The zero-order valence-electron chi connectivity index (χ0n) is 12.8. The van der Waals surface area contributed by atoms with Crippen molar-refractivity contribution in [3.05, 3.63) is 51.4 Å². The molecule has 7 heteroatoms. The Hall–Kier alpha value is -1.47. The summed E-state index contributed by atoms with van der Waals surface area (Å²) in [6.45, 7) is 5.12. The van der Waals surface area contributed by atoms with Crippen molar-refractivity contribution in [1.82, 2.24) is 4.90 Å². The van der Waals surface area contributed by atoms with Gasteiger partial charge in [0.2, 0.25) is 0 Å². The quantitative estimate of drug-likeness (QED) is 0.674. The van der Waals surface area contributed by atoms with Crippen LogP contribution in [0, 0.1) is 16.0 Å². The van der Waals surface area contributed by atoms with Gasteiger partial charge >= 0.3 is 0 Å². The van der Waals surface area contributed by atoms with Gasteiger partial charge in [-0.25, -0.2) is 0 Å². The highest BCUT2D eigenvalue weighted by Crippen LogP contribution is 2.30. The molecule has 5 nitrogen and oxygen atoms in total. The highest BCUT2D eigenvalue weighted by molar-refractivity contribution is 7.15. The first-order valence-electron chi connectivity index (χ1n) is 7.34. The Morgan fingerprint density at radius 2 is 1.96 bits per heavy atom. The van der Waals surface area contributed by atoms with Gasteiger partial charge in [-0.2, -0.15) is 0 Å². The molecule has 2 atom stereocenters. The molecule has 124 valence electrons. The van der Waals surface area contributed by atoms with E-state index in [0.717, 1.165) is 30.1 Å².